The Kier molecular flexibility index (Phi) is 5.93. The fraction of sp³-hybridized carbons (Fsp3) is 0.238. The van der Waals surface area contributed by atoms with Gasteiger partial charge in [-0.05, 0) is 30.7 Å². The molecule has 1 aromatic heterocycles. The minimum atomic E-state index is -3.78. The Morgan fingerprint density at radius 2 is 1.79 bits per heavy atom. The molecule has 7 heteroatoms. The molecule has 2 N–H and O–H groups in total. The van der Waals surface area contributed by atoms with Gasteiger partial charge in [0.25, 0.3) is 0 Å². The predicted octanol–water partition coefficient (Wildman–Crippen LogP) is 4.45. The molecule has 0 radical (unpaired) electrons. The number of primary sulfonamides is 1. The van der Waals surface area contributed by atoms with E-state index in [9.17, 15) is 13.7 Å². The molecule has 3 rings (SSSR count). The van der Waals surface area contributed by atoms with Gasteiger partial charge in [0.1, 0.15) is 11.6 Å². The Morgan fingerprint density at radius 1 is 1.11 bits per heavy atom. The molecule has 1 unspecified atom stereocenters. The number of oxazole rings is 1. The standard InChI is InChI=1S/C21H21N3O3S/c1-2-3-7-17(14-22)21-24-19(15-8-5-4-6-9-15)20(27-21)16-10-12-18(13-11-16)28(23,25)26/h4-6,8-13,17H,2-3,7H2,1H3,(H2,23,25,26). The van der Waals surface area contributed by atoms with Crippen molar-refractivity contribution in [3.8, 4) is 28.7 Å². The molecule has 0 spiro atoms. The number of hydrogen-bond donors (Lipinski definition) is 1. The van der Waals surface area contributed by atoms with E-state index in [4.69, 9.17) is 9.56 Å². The van der Waals surface area contributed by atoms with E-state index < -0.39 is 15.9 Å². The summed E-state index contributed by atoms with van der Waals surface area (Å²) in [5.74, 6) is 0.444. The monoisotopic (exact) mass is 395 g/mol. The lowest BCUT2D eigenvalue weighted by Gasteiger charge is -2.04. The van der Waals surface area contributed by atoms with Crippen LogP contribution in [0.15, 0.2) is 63.9 Å². The highest BCUT2D eigenvalue weighted by Crippen LogP contribution is 2.36. The summed E-state index contributed by atoms with van der Waals surface area (Å²) in [5, 5.41) is 14.7. The Hall–Kier alpha value is -2.95. The lowest BCUT2D eigenvalue weighted by molar-refractivity contribution is 0.470. The minimum absolute atomic E-state index is 0.0232. The zero-order valence-electron chi connectivity index (χ0n) is 15.5. The first-order valence-corrected chi connectivity index (χ1v) is 10.6. The maximum atomic E-state index is 11.5. The highest BCUT2D eigenvalue weighted by molar-refractivity contribution is 7.89. The molecule has 0 amide bonds. The van der Waals surface area contributed by atoms with E-state index >= 15 is 0 Å². The van der Waals surface area contributed by atoms with E-state index in [1.165, 1.54) is 12.1 Å². The Morgan fingerprint density at radius 3 is 2.36 bits per heavy atom. The third-order valence-electron chi connectivity index (χ3n) is 4.44. The molecule has 0 aliphatic carbocycles. The summed E-state index contributed by atoms with van der Waals surface area (Å²) in [4.78, 5) is 4.64. The van der Waals surface area contributed by atoms with Crippen LogP contribution in [0.25, 0.3) is 22.6 Å². The normalized spacial score (nSPS) is 12.5. The number of sulfonamides is 1. The van der Waals surface area contributed by atoms with Gasteiger partial charge in [0.15, 0.2) is 5.76 Å². The van der Waals surface area contributed by atoms with Crippen LogP contribution in [0.5, 0.6) is 0 Å². The molecule has 0 fully saturated rings. The molecule has 144 valence electrons. The van der Waals surface area contributed by atoms with Gasteiger partial charge in [-0.3, -0.25) is 0 Å². The summed E-state index contributed by atoms with van der Waals surface area (Å²) in [6.07, 6.45) is 2.55. The molecular weight excluding hydrogens is 374 g/mol. The van der Waals surface area contributed by atoms with Crippen molar-refractivity contribution in [2.45, 2.75) is 37.0 Å². The fourth-order valence-corrected chi connectivity index (χ4v) is 3.44. The maximum absolute atomic E-state index is 11.5. The van der Waals surface area contributed by atoms with Gasteiger partial charge in [-0.25, -0.2) is 18.5 Å². The molecular formula is C21H21N3O3S. The van der Waals surface area contributed by atoms with Crippen molar-refractivity contribution in [2.24, 2.45) is 5.14 Å². The SMILES string of the molecule is CCCCC(C#N)c1nc(-c2ccccc2)c(-c2ccc(S(N)(=O)=O)cc2)o1. The smallest absolute Gasteiger partial charge is 0.238 e. The number of nitriles is 1. The molecule has 2 aromatic carbocycles. The Labute approximate surface area is 164 Å². The topological polar surface area (TPSA) is 110 Å². The number of nitrogens with two attached hydrogens (primary N) is 1. The number of aromatic nitrogens is 1. The van der Waals surface area contributed by atoms with Gasteiger partial charge in [-0.1, -0.05) is 50.1 Å². The average molecular weight is 395 g/mol. The molecule has 1 heterocycles. The van der Waals surface area contributed by atoms with Crippen molar-refractivity contribution in [2.75, 3.05) is 0 Å². The van der Waals surface area contributed by atoms with Gasteiger partial charge >= 0.3 is 0 Å². The van der Waals surface area contributed by atoms with Crippen LogP contribution >= 0.6 is 0 Å². The third-order valence-corrected chi connectivity index (χ3v) is 5.37. The molecule has 28 heavy (non-hydrogen) atoms. The van der Waals surface area contributed by atoms with Crippen LogP contribution in [-0.4, -0.2) is 13.4 Å². The number of rotatable bonds is 7. The van der Waals surface area contributed by atoms with Gasteiger partial charge in [-0.15, -0.1) is 0 Å². The van der Waals surface area contributed by atoms with E-state index in [2.05, 4.69) is 18.0 Å². The lowest BCUT2D eigenvalue weighted by Crippen LogP contribution is -2.11. The molecule has 6 nitrogen and oxygen atoms in total. The van der Waals surface area contributed by atoms with Gasteiger partial charge < -0.3 is 4.42 Å². The summed E-state index contributed by atoms with van der Waals surface area (Å²) in [5.41, 5.74) is 2.14. The van der Waals surface area contributed by atoms with Crippen LogP contribution in [0.4, 0.5) is 0 Å². The van der Waals surface area contributed by atoms with E-state index in [-0.39, 0.29) is 4.90 Å². The minimum Gasteiger partial charge on any atom is -0.439 e. The molecule has 1 atom stereocenters. The summed E-state index contributed by atoms with van der Waals surface area (Å²) >= 11 is 0. The number of nitrogens with zero attached hydrogens (tertiary/aromatic N) is 2. The second-order valence-electron chi connectivity index (χ2n) is 6.49. The molecule has 0 aliphatic heterocycles. The van der Waals surface area contributed by atoms with E-state index in [0.29, 0.717) is 29.3 Å². The zero-order chi connectivity index (χ0) is 20.1. The summed E-state index contributed by atoms with van der Waals surface area (Å²) in [6, 6.07) is 17.9. The van der Waals surface area contributed by atoms with Crippen LogP contribution in [0.1, 0.15) is 38.0 Å². The van der Waals surface area contributed by atoms with Crippen molar-refractivity contribution >= 4 is 10.0 Å². The van der Waals surface area contributed by atoms with Crippen molar-refractivity contribution in [3.63, 3.8) is 0 Å². The highest BCUT2D eigenvalue weighted by Gasteiger charge is 2.23. The maximum Gasteiger partial charge on any atom is 0.238 e. The second kappa shape index (κ2) is 8.38. The number of hydrogen-bond acceptors (Lipinski definition) is 5. The number of unbranched alkanes of at least 4 members (excludes halogenated alkanes) is 1. The number of benzene rings is 2. The van der Waals surface area contributed by atoms with Gasteiger partial charge in [0, 0.05) is 11.1 Å². The molecule has 0 saturated heterocycles. The zero-order valence-corrected chi connectivity index (χ0v) is 16.3. The summed E-state index contributed by atoms with van der Waals surface area (Å²) < 4.78 is 29.0. The first-order chi connectivity index (χ1) is 13.4. The van der Waals surface area contributed by atoms with E-state index in [1.54, 1.807) is 12.1 Å². The van der Waals surface area contributed by atoms with Crippen LogP contribution in [-0.2, 0) is 10.0 Å². The van der Waals surface area contributed by atoms with Crippen LogP contribution < -0.4 is 5.14 Å². The van der Waals surface area contributed by atoms with Crippen LogP contribution in [0.2, 0.25) is 0 Å². The lowest BCUT2D eigenvalue weighted by atomic mass is 10.0. The highest BCUT2D eigenvalue weighted by atomic mass is 32.2. The van der Waals surface area contributed by atoms with Gasteiger partial charge in [0.2, 0.25) is 15.9 Å². The summed E-state index contributed by atoms with van der Waals surface area (Å²) in [6.45, 7) is 2.07. The van der Waals surface area contributed by atoms with E-state index in [0.717, 1.165) is 18.4 Å². The van der Waals surface area contributed by atoms with Gasteiger partial charge in [0.05, 0.1) is 11.0 Å². The molecule has 0 bridgehead atoms. The fourth-order valence-electron chi connectivity index (χ4n) is 2.92. The third kappa shape index (κ3) is 4.30. The van der Waals surface area contributed by atoms with Crippen molar-refractivity contribution in [1.82, 2.24) is 4.98 Å². The van der Waals surface area contributed by atoms with E-state index in [1.807, 2.05) is 30.3 Å². The van der Waals surface area contributed by atoms with Crippen LogP contribution in [0, 0.1) is 11.3 Å². The average Bonchev–Trinajstić information content (AvgIpc) is 3.14. The predicted molar refractivity (Wildman–Crippen MR) is 107 cm³/mol. The molecule has 0 aliphatic rings. The van der Waals surface area contributed by atoms with Gasteiger partial charge in [-0.2, -0.15) is 5.26 Å². The first-order valence-electron chi connectivity index (χ1n) is 9.03. The van der Waals surface area contributed by atoms with Crippen LogP contribution in [0.3, 0.4) is 0 Å². The Bertz CT molecular complexity index is 1080. The molecule has 0 saturated carbocycles. The quantitative estimate of drug-likeness (QED) is 0.635. The van der Waals surface area contributed by atoms with Crippen molar-refractivity contribution in [1.29, 1.82) is 5.26 Å². The van der Waals surface area contributed by atoms with Crippen molar-refractivity contribution in [3.05, 3.63) is 60.5 Å². The summed E-state index contributed by atoms with van der Waals surface area (Å²) in [7, 11) is -3.78. The largest absolute Gasteiger partial charge is 0.439 e. The second-order valence-corrected chi connectivity index (χ2v) is 8.05. The first kappa shape index (κ1) is 19.8. The Balaban J connectivity index is 2.09. The molecule has 3 aromatic rings. The van der Waals surface area contributed by atoms with Crippen molar-refractivity contribution < 1.29 is 12.8 Å².